The van der Waals surface area contributed by atoms with Crippen molar-refractivity contribution in [2.24, 2.45) is 0 Å². The number of aryl methyl sites for hydroxylation is 1. The smallest absolute Gasteiger partial charge is 0.246 e. The van der Waals surface area contributed by atoms with E-state index in [-0.39, 0.29) is 30.0 Å². The van der Waals surface area contributed by atoms with Gasteiger partial charge in [-0.15, -0.1) is 0 Å². The normalized spacial score (nSPS) is 15.5. The lowest BCUT2D eigenvalue weighted by Gasteiger charge is -2.32. The molecular weight excluding hydrogens is 483 g/mol. The monoisotopic (exact) mass is 512 g/mol. The summed E-state index contributed by atoms with van der Waals surface area (Å²) in [6.07, 6.45) is 5.29. The van der Waals surface area contributed by atoms with Crippen LogP contribution in [0.1, 0.15) is 46.8 Å². The van der Waals surface area contributed by atoms with Crippen molar-refractivity contribution >= 4 is 28.5 Å². The van der Waals surface area contributed by atoms with Gasteiger partial charge in [-0.1, -0.05) is 43.0 Å². The Morgan fingerprint density at radius 1 is 1.18 bits per heavy atom. The molecule has 0 bridgehead atoms. The Morgan fingerprint density at radius 3 is 2.74 bits per heavy atom. The number of nitrogen functional groups attached to an aromatic ring is 1. The number of nitrogens with two attached hydrogens (primary N) is 1. The number of aromatic nitrogens is 4. The standard InChI is InChI=1S/C29H29FN6O2/c1-3-25(38)35-15-5-6-21(16-35)36-29-26(28(31)32-17-33-29)27(34-36)20-12-9-19(10-13-20)11-14-24(37)22-7-4-8-23(30)18(22)2/h3-4,7-10,12-13,17,21H,1,5-6,11,14-16H2,2H3,(H2,31,32,33)/t21-/m1/s1. The second kappa shape index (κ2) is 10.5. The van der Waals surface area contributed by atoms with Gasteiger partial charge in [0.2, 0.25) is 5.91 Å². The Labute approximate surface area is 220 Å². The van der Waals surface area contributed by atoms with Gasteiger partial charge in [-0.25, -0.2) is 19.0 Å². The molecule has 3 heterocycles. The Kier molecular flexibility index (Phi) is 7.00. The number of Topliss-reactive ketones (excluding diaryl/α,β-unsaturated/α-hetero) is 1. The Hall–Kier alpha value is -4.40. The molecule has 2 aromatic heterocycles. The van der Waals surface area contributed by atoms with Gasteiger partial charge in [0.05, 0.1) is 11.4 Å². The van der Waals surface area contributed by atoms with E-state index in [1.807, 2.05) is 28.9 Å². The molecule has 9 heteroatoms. The molecule has 0 saturated carbocycles. The summed E-state index contributed by atoms with van der Waals surface area (Å²) in [5, 5.41) is 5.58. The minimum Gasteiger partial charge on any atom is -0.383 e. The molecule has 2 aromatic carbocycles. The van der Waals surface area contributed by atoms with Gasteiger partial charge in [0.15, 0.2) is 11.4 Å². The first-order valence-corrected chi connectivity index (χ1v) is 12.6. The Bertz CT molecular complexity index is 1530. The lowest BCUT2D eigenvalue weighted by molar-refractivity contribution is -0.127. The van der Waals surface area contributed by atoms with E-state index < -0.39 is 0 Å². The summed E-state index contributed by atoms with van der Waals surface area (Å²) < 4.78 is 15.7. The van der Waals surface area contributed by atoms with Crippen LogP contribution >= 0.6 is 0 Å². The summed E-state index contributed by atoms with van der Waals surface area (Å²) >= 11 is 0. The fourth-order valence-electron chi connectivity index (χ4n) is 5.07. The highest BCUT2D eigenvalue weighted by Gasteiger charge is 2.28. The maximum absolute atomic E-state index is 13.8. The predicted molar refractivity (Wildman–Crippen MR) is 144 cm³/mol. The van der Waals surface area contributed by atoms with Crippen molar-refractivity contribution in [3.63, 3.8) is 0 Å². The largest absolute Gasteiger partial charge is 0.383 e. The zero-order valence-corrected chi connectivity index (χ0v) is 21.2. The summed E-state index contributed by atoms with van der Waals surface area (Å²) in [7, 11) is 0. The van der Waals surface area contributed by atoms with Crippen molar-refractivity contribution in [3.8, 4) is 11.3 Å². The third-order valence-electron chi connectivity index (χ3n) is 7.18. The number of piperidine rings is 1. The lowest BCUT2D eigenvalue weighted by atomic mass is 9.98. The summed E-state index contributed by atoms with van der Waals surface area (Å²) in [6.45, 7) is 6.43. The average molecular weight is 513 g/mol. The van der Waals surface area contributed by atoms with Gasteiger partial charge in [0.25, 0.3) is 0 Å². The second-order valence-electron chi connectivity index (χ2n) is 9.57. The molecule has 194 valence electrons. The molecular formula is C29H29FN6O2. The van der Waals surface area contributed by atoms with Crippen LogP contribution in [0.25, 0.3) is 22.3 Å². The fraction of sp³-hybridized carbons (Fsp3) is 0.276. The van der Waals surface area contributed by atoms with Crippen LogP contribution in [-0.2, 0) is 11.2 Å². The lowest BCUT2D eigenvalue weighted by Crippen LogP contribution is -2.40. The van der Waals surface area contributed by atoms with Crippen molar-refractivity contribution in [3.05, 3.63) is 84.0 Å². The molecule has 8 nitrogen and oxygen atoms in total. The molecule has 0 unspecified atom stereocenters. The highest BCUT2D eigenvalue weighted by Crippen LogP contribution is 2.34. The van der Waals surface area contributed by atoms with Gasteiger partial charge in [-0.2, -0.15) is 5.10 Å². The minimum absolute atomic E-state index is 0.0465. The molecule has 1 saturated heterocycles. The number of nitrogens with zero attached hydrogens (tertiary/aromatic N) is 5. The maximum atomic E-state index is 13.8. The number of hydrogen-bond donors (Lipinski definition) is 1. The third-order valence-corrected chi connectivity index (χ3v) is 7.18. The van der Waals surface area contributed by atoms with Crippen LogP contribution in [0, 0.1) is 12.7 Å². The van der Waals surface area contributed by atoms with Crippen LogP contribution in [0.5, 0.6) is 0 Å². The van der Waals surface area contributed by atoms with Crippen molar-refractivity contribution in [2.75, 3.05) is 18.8 Å². The number of halogens is 1. The van der Waals surface area contributed by atoms with Crippen molar-refractivity contribution in [1.82, 2.24) is 24.6 Å². The van der Waals surface area contributed by atoms with Crippen LogP contribution in [0.2, 0.25) is 0 Å². The SMILES string of the molecule is C=CC(=O)N1CCC[C@@H](n2nc(-c3ccc(CCC(=O)c4cccc(F)c4C)cc3)c3c(N)ncnc32)C1. The number of hydrogen-bond acceptors (Lipinski definition) is 6. The van der Waals surface area contributed by atoms with Crippen molar-refractivity contribution < 1.29 is 14.0 Å². The zero-order chi connectivity index (χ0) is 26.8. The molecule has 5 rings (SSSR count). The van der Waals surface area contributed by atoms with E-state index in [1.165, 1.54) is 18.5 Å². The molecule has 1 atom stereocenters. The van der Waals surface area contributed by atoms with Crippen LogP contribution in [0.4, 0.5) is 10.2 Å². The Balaban J connectivity index is 1.39. The third kappa shape index (κ3) is 4.79. The quantitative estimate of drug-likeness (QED) is 0.284. The van der Waals surface area contributed by atoms with Crippen LogP contribution in [0.3, 0.4) is 0 Å². The molecule has 0 spiro atoms. The first-order chi connectivity index (χ1) is 18.4. The molecule has 1 aliphatic heterocycles. The number of carbonyl (C=O) groups is 2. The molecule has 1 amide bonds. The van der Waals surface area contributed by atoms with Crippen LogP contribution < -0.4 is 5.73 Å². The first-order valence-electron chi connectivity index (χ1n) is 12.6. The summed E-state index contributed by atoms with van der Waals surface area (Å²) in [4.78, 5) is 35.3. The summed E-state index contributed by atoms with van der Waals surface area (Å²) in [6, 6.07) is 12.3. The molecule has 2 N–H and O–H groups in total. The number of anilines is 1. The van der Waals surface area contributed by atoms with Crippen molar-refractivity contribution in [2.45, 2.75) is 38.6 Å². The first kappa shape index (κ1) is 25.3. The van der Waals surface area contributed by atoms with Gasteiger partial charge in [0, 0.05) is 30.6 Å². The second-order valence-corrected chi connectivity index (χ2v) is 9.57. The molecule has 38 heavy (non-hydrogen) atoms. The summed E-state index contributed by atoms with van der Waals surface area (Å²) in [5.41, 5.74) is 10.2. The fourth-order valence-corrected chi connectivity index (χ4v) is 5.07. The number of benzene rings is 2. The number of fused-ring (bicyclic) bond motifs is 1. The Morgan fingerprint density at radius 2 is 1.97 bits per heavy atom. The molecule has 1 fully saturated rings. The number of carbonyl (C=O) groups excluding carboxylic acids is 2. The van der Waals surface area contributed by atoms with E-state index in [4.69, 9.17) is 10.8 Å². The molecule has 0 radical (unpaired) electrons. The van der Waals surface area contributed by atoms with Gasteiger partial charge < -0.3 is 10.6 Å². The van der Waals surface area contributed by atoms with E-state index in [9.17, 15) is 14.0 Å². The van der Waals surface area contributed by atoms with E-state index in [0.29, 0.717) is 53.2 Å². The molecule has 1 aliphatic rings. The maximum Gasteiger partial charge on any atom is 0.246 e. The van der Waals surface area contributed by atoms with E-state index in [0.717, 1.165) is 24.0 Å². The zero-order valence-electron chi connectivity index (χ0n) is 21.2. The van der Waals surface area contributed by atoms with Gasteiger partial charge in [-0.3, -0.25) is 9.59 Å². The average Bonchev–Trinajstić information content (AvgIpc) is 3.34. The van der Waals surface area contributed by atoms with E-state index in [2.05, 4.69) is 16.5 Å². The predicted octanol–water partition coefficient (Wildman–Crippen LogP) is 4.69. The van der Waals surface area contributed by atoms with Crippen molar-refractivity contribution in [1.29, 1.82) is 0 Å². The van der Waals surface area contributed by atoms with E-state index in [1.54, 1.807) is 24.0 Å². The van der Waals surface area contributed by atoms with Gasteiger partial charge >= 0.3 is 0 Å². The minimum atomic E-state index is -0.372. The van der Waals surface area contributed by atoms with Gasteiger partial charge in [-0.05, 0) is 49.5 Å². The highest BCUT2D eigenvalue weighted by atomic mass is 19.1. The molecule has 0 aliphatic carbocycles. The van der Waals surface area contributed by atoms with Crippen LogP contribution in [0.15, 0.2) is 61.4 Å². The van der Waals surface area contributed by atoms with E-state index >= 15 is 0 Å². The molecule has 4 aromatic rings. The number of ketones is 1. The summed E-state index contributed by atoms with van der Waals surface area (Å²) in [5.74, 6) is -0.214. The number of amides is 1. The number of rotatable bonds is 7. The van der Waals surface area contributed by atoms with Gasteiger partial charge in [0.1, 0.15) is 23.7 Å². The number of likely N-dealkylation sites (tertiary alicyclic amines) is 1. The van der Waals surface area contributed by atoms with Crippen LogP contribution in [-0.4, -0.2) is 49.4 Å². The highest BCUT2D eigenvalue weighted by molar-refractivity contribution is 5.99. The topological polar surface area (TPSA) is 107 Å².